The number of ether oxygens (including phenoxy) is 1. The molecule has 0 spiro atoms. The van der Waals surface area contributed by atoms with Crippen molar-refractivity contribution in [1.29, 1.82) is 0 Å². The Morgan fingerprint density at radius 1 is 1.44 bits per heavy atom. The fourth-order valence-electron chi connectivity index (χ4n) is 2.44. The Morgan fingerprint density at radius 2 is 2.19 bits per heavy atom. The summed E-state index contributed by atoms with van der Waals surface area (Å²) in [5.41, 5.74) is 5.83. The first kappa shape index (κ1) is 13.9. The number of rotatable bonds is 6. The average molecular weight is 228 g/mol. The topological polar surface area (TPSA) is 38.5 Å². The predicted molar refractivity (Wildman–Crippen MR) is 68.5 cm³/mol. The maximum atomic E-state index is 5.83. The van der Waals surface area contributed by atoms with E-state index in [1.807, 2.05) is 0 Å². The minimum atomic E-state index is 0.575. The summed E-state index contributed by atoms with van der Waals surface area (Å²) in [6.07, 6.45) is 2.49. The summed E-state index contributed by atoms with van der Waals surface area (Å²) in [6.45, 7) is 11.7. The highest BCUT2D eigenvalue weighted by molar-refractivity contribution is 4.73. The Morgan fingerprint density at radius 3 is 2.75 bits per heavy atom. The van der Waals surface area contributed by atoms with E-state index in [0.717, 1.165) is 32.2 Å². The van der Waals surface area contributed by atoms with E-state index in [0.29, 0.717) is 12.0 Å². The van der Waals surface area contributed by atoms with Crippen LogP contribution in [0.25, 0.3) is 0 Å². The van der Waals surface area contributed by atoms with Crippen LogP contribution in [0.15, 0.2) is 0 Å². The maximum absolute atomic E-state index is 5.83. The van der Waals surface area contributed by atoms with Crippen molar-refractivity contribution in [2.45, 2.75) is 39.7 Å². The number of hydrogen-bond donors (Lipinski definition) is 1. The molecule has 0 radical (unpaired) electrons. The molecule has 1 fully saturated rings. The van der Waals surface area contributed by atoms with E-state index < -0.39 is 0 Å². The number of nitrogens with zero attached hydrogens (tertiary/aromatic N) is 1. The van der Waals surface area contributed by atoms with Crippen LogP contribution in [0.1, 0.15) is 33.6 Å². The van der Waals surface area contributed by atoms with E-state index in [9.17, 15) is 0 Å². The van der Waals surface area contributed by atoms with E-state index in [1.165, 1.54) is 19.4 Å². The minimum absolute atomic E-state index is 0.575. The zero-order valence-corrected chi connectivity index (χ0v) is 11.1. The highest BCUT2D eigenvalue weighted by Crippen LogP contribution is 2.16. The van der Waals surface area contributed by atoms with Crippen LogP contribution in [0.2, 0.25) is 0 Å². The van der Waals surface area contributed by atoms with Crippen molar-refractivity contribution in [3.8, 4) is 0 Å². The lowest BCUT2D eigenvalue weighted by Crippen LogP contribution is -2.44. The molecule has 0 aromatic carbocycles. The second kappa shape index (κ2) is 7.25. The lowest BCUT2D eigenvalue weighted by Gasteiger charge is -2.34. The van der Waals surface area contributed by atoms with Crippen LogP contribution in [0.4, 0.5) is 0 Å². The Labute approximate surface area is 100 Å². The summed E-state index contributed by atoms with van der Waals surface area (Å²) in [4.78, 5) is 2.53. The van der Waals surface area contributed by atoms with Crippen molar-refractivity contribution in [2.75, 3.05) is 32.8 Å². The fourth-order valence-corrected chi connectivity index (χ4v) is 2.44. The third-order valence-electron chi connectivity index (χ3n) is 3.47. The molecule has 1 rings (SSSR count). The van der Waals surface area contributed by atoms with Gasteiger partial charge < -0.3 is 10.5 Å². The molecule has 3 heteroatoms. The van der Waals surface area contributed by atoms with E-state index in [2.05, 4.69) is 25.7 Å². The maximum Gasteiger partial charge on any atom is 0.0619 e. The lowest BCUT2D eigenvalue weighted by atomic mass is 9.94. The Bertz CT molecular complexity index is 185. The van der Waals surface area contributed by atoms with Crippen LogP contribution >= 0.6 is 0 Å². The molecule has 2 N–H and O–H groups in total. The molecule has 1 aliphatic heterocycles. The first-order valence-corrected chi connectivity index (χ1v) is 6.65. The molecule has 0 aromatic rings. The van der Waals surface area contributed by atoms with E-state index in [1.54, 1.807) is 0 Å². The summed E-state index contributed by atoms with van der Waals surface area (Å²) < 4.78 is 5.44. The van der Waals surface area contributed by atoms with E-state index in [-0.39, 0.29) is 0 Å². The summed E-state index contributed by atoms with van der Waals surface area (Å²) in [6, 6.07) is 0.575. The standard InChI is InChI=1S/C13H28N2O/c1-11(2)8-13(9-14)4-5-15-6-7-16-10-12(15)3/h11-13H,4-10,14H2,1-3H3. The Balaban J connectivity index is 2.25. The molecule has 0 saturated carbocycles. The van der Waals surface area contributed by atoms with Crippen molar-refractivity contribution >= 4 is 0 Å². The molecule has 1 saturated heterocycles. The largest absolute Gasteiger partial charge is 0.379 e. The minimum Gasteiger partial charge on any atom is -0.379 e. The van der Waals surface area contributed by atoms with Crippen molar-refractivity contribution in [1.82, 2.24) is 4.90 Å². The smallest absolute Gasteiger partial charge is 0.0619 e. The van der Waals surface area contributed by atoms with E-state index >= 15 is 0 Å². The van der Waals surface area contributed by atoms with E-state index in [4.69, 9.17) is 10.5 Å². The van der Waals surface area contributed by atoms with Crippen molar-refractivity contribution in [3.05, 3.63) is 0 Å². The first-order chi connectivity index (χ1) is 7.63. The fraction of sp³-hybridized carbons (Fsp3) is 1.00. The average Bonchev–Trinajstić information content (AvgIpc) is 2.25. The van der Waals surface area contributed by atoms with Crippen LogP contribution in [0, 0.1) is 11.8 Å². The number of morpholine rings is 1. The van der Waals surface area contributed by atoms with Gasteiger partial charge in [-0.05, 0) is 44.7 Å². The summed E-state index contributed by atoms with van der Waals surface area (Å²) in [7, 11) is 0. The zero-order chi connectivity index (χ0) is 12.0. The van der Waals surface area contributed by atoms with Crippen LogP contribution in [0.5, 0.6) is 0 Å². The Kier molecular flexibility index (Phi) is 6.32. The van der Waals surface area contributed by atoms with Gasteiger partial charge in [-0.3, -0.25) is 4.90 Å². The zero-order valence-electron chi connectivity index (χ0n) is 11.1. The summed E-state index contributed by atoms with van der Waals surface area (Å²) >= 11 is 0. The Hall–Kier alpha value is -0.120. The van der Waals surface area contributed by atoms with Crippen LogP contribution in [-0.2, 0) is 4.74 Å². The molecule has 96 valence electrons. The van der Waals surface area contributed by atoms with Gasteiger partial charge in [0.05, 0.1) is 13.2 Å². The van der Waals surface area contributed by atoms with Crippen molar-refractivity contribution in [3.63, 3.8) is 0 Å². The molecule has 1 aliphatic rings. The monoisotopic (exact) mass is 228 g/mol. The van der Waals surface area contributed by atoms with Gasteiger partial charge in [0, 0.05) is 12.6 Å². The van der Waals surface area contributed by atoms with Gasteiger partial charge in [0.1, 0.15) is 0 Å². The normalized spacial score (nSPS) is 24.9. The molecule has 16 heavy (non-hydrogen) atoms. The molecule has 3 nitrogen and oxygen atoms in total. The molecule has 0 bridgehead atoms. The van der Waals surface area contributed by atoms with Crippen molar-refractivity contribution < 1.29 is 4.74 Å². The second-order valence-corrected chi connectivity index (χ2v) is 5.48. The van der Waals surface area contributed by atoms with Crippen LogP contribution in [-0.4, -0.2) is 43.8 Å². The molecule has 0 amide bonds. The van der Waals surface area contributed by atoms with Gasteiger partial charge in [0.25, 0.3) is 0 Å². The van der Waals surface area contributed by atoms with Crippen LogP contribution in [0.3, 0.4) is 0 Å². The third-order valence-corrected chi connectivity index (χ3v) is 3.47. The highest BCUT2D eigenvalue weighted by atomic mass is 16.5. The summed E-state index contributed by atoms with van der Waals surface area (Å²) in [5, 5.41) is 0. The first-order valence-electron chi connectivity index (χ1n) is 6.65. The molecular formula is C13H28N2O. The highest BCUT2D eigenvalue weighted by Gasteiger charge is 2.19. The molecular weight excluding hydrogens is 200 g/mol. The lowest BCUT2D eigenvalue weighted by molar-refractivity contribution is -0.00271. The number of nitrogens with two attached hydrogens (primary N) is 1. The molecule has 0 aliphatic carbocycles. The van der Waals surface area contributed by atoms with Gasteiger partial charge in [0.15, 0.2) is 0 Å². The van der Waals surface area contributed by atoms with Gasteiger partial charge in [0.2, 0.25) is 0 Å². The predicted octanol–water partition coefficient (Wildman–Crippen LogP) is 1.72. The number of hydrogen-bond acceptors (Lipinski definition) is 3. The molecule has 0 aromatic heterocycles. The summed E-state index contributed by atoms with van der Waals surface area (Å²) in [5.74, 6) is 1.45. The third kappa shape index (κ3) is 4.81. The van der Waals surface area contributed by atoms with Crippen LogP contribution < -0.4 is 5.73 Å². The molecule has 1 heterocycles. The van der Waals surface area contributed by atoms with Gasteiger partial charge >= 0.3 is 0 Å². The van der Waals surface area contributed by atoms with Gasteiger partial charge in [-0.25, -0.2) is 0 Å². The molecule has 2 atom stereocenters. The van der Waals surface area contributed by atoms with Gasteiger partial charge in [-0.2, -0.15) is 0 Å². The van der Waals surface area contributed by atoms with Gasteiger partial charge in [-0.15, -0.1) is 0 Å². The SMILES string of the molecule is CC(C)CC(CN)CCN1CCOCC1C. The second-order valence-electron chi connectivity index (χ2n) is 5.48. The van der Waals surface area contributed by atoms with Crippen molar-refractivity contribution in [2.24, 2.45) is 17.6 Å². The molecule has 2 unspecified atom stereocenters. The van der Waals surface area contributed by atoms with Gasteiger partial charge in [-0.1, -0.05) is 13.8 Å². The quantitative estimate of drug-likeness (QED) is 0.752.